The second-order valence-corrected chi connectivity index (χ2v) is 10.3. The molecule has 0 saturated heterocycles. The van der Waals surface area contributed by atoms with Crippen LogP contribution in [0.5, 0.6) is 0 Å². The van der Waals surface area contributed by atoms with Crippen LogP contribution in [-0.4, -0.2) is 31.6 Å². The maximum Gasteiger partial charge on any atom is 0.255 e. The monoisotopic (exact) mass is 457 g/mol. The molecule has 0 saturated carbocycles. The number of anilines is 2. The number of aromatic nitrogens is 1. The van der Waals surface area contributed by atoms with Crippen LogP contribution >= 0.6 is 0 Å². The van der Waals surface area contributed by atoms with Crippen LogP contribution < -0.4 is 10.2 Å². The molecule has 1 amide bonds. The van der Waals surface area contributed by atoms with Crippen molar-refractivity contribution in [3.8, 4) is 0 Å². The van der Waals surface area contributed by atoms with E-state index >= 15 is 0 Å². The van der Waals surface area contributed by atoms with E-state index in [1.54, 1.807) is 24.3 Å². The number of carbonyl (C=O) groups excluding carboxylic acids is 1. The molecule has 0 aliphatic carbocycles. The van der Waals surface area contributed by atoms with E-state index in [4.69, 9.17) is 4.98 Å². The first kappa shape index (κ1) is 21.2. The van der Waals surface area contributed by atoms with Crippen LogP contribution in [0, 0.1) is 6.92 Å². The molecule has 0 unspecified atom stereocenters. The summed E-state index contributed by atoms with van der Waals surface area (Å²) in [5, 5.41) is 3.87. The van der Waals surface area contributed by atoms with E-state index in [0.29, 0.717) is 35.1 Å². The molecule has 1 aliphatic rings. The first-order valence-electron chi connectivity index (χ1n) is 10.7. The second-order valence-electron chi connectivity index (χ2n) is 8.22. The summed E-state index contributed by atoms with van der Waals surface area (Å²) in [7, 11) is -3.37. The lowest BCUT2D eigenvalue weighted by molar-refractivity contribution is 0.102. The second kappa shape index (κ2) is 8.33. The van der Waals surface area contributed by atoms with Crippen LogP contribution in [0.2, 0.25) is 0 Å². The predicted molar refractivity (Wildman–Crippen MR) is 130 cm³/mol. The number of aryl methyl sites for hydroxylation is 1. The van der Waals surface area contributed by atoms with Gasteiger partial charge in [0.25, 0.3) is 5.91 Å². The van der Waals surface area contributed by atoms with Gasteiger partial charge >= 0.3 is 0 Å². The van der Waals surface area contributed by atoms with E-state index < -0.39 is 9.84 Å². The number of rotatable bonds is 3. The Morgan fingerprint density at radius 3 is 2.55 bits per heavy atom. The van der Waals surface area contributed by atoms with Crippen LogP contribution in [0.15, 0.2) is 83.8 Å². The highest BCUT2D eigenvalue weighted by Crippen LogP contribution is 2.31. The van der Waals surface area contributed by atoms with Crippen molar-refractivity contribution in [1.82, 2.24) is 4.98 Å². The van der Waals surface area contributed by atoms with Gasteiger partial charge in [-0.05, 0) is 42.8 Å². The fraction of sp³-hybridized carbons (Fsp3) is 0.154. The molecule has 5 rings (SSSR count). The van der Waals surface area contributed by atoms with Crippen molar-refractivity contribution in [3.63, 3.8) is 0 Å². The van der Waals surface area contributed by atoms with Crippen LogP contribution in [0.1, 0.15) is 21.5 Å². The van der Waals surface area contributed by atoms with Gasteiger partial charge in [0.05, 0.1) is 21.9 Å². The molecule has 1 aromatic heterocycles. The Bertz CT molecular complexity index is 1470. The molecule has 6 nitrogen and oxygen atoms in total. The molecule has 0 spiro atoms. The Kier molecular flexibility index (Phi) is 5.34. The van der Waals surface area contributed by atoms with Crippen LogP contribution in [0.3, 0.4) is 0 Å². The van der Waals surface area contributed by atoms with Gasteiger partial charge in [-0.15, -0.1) is 0 Å². The summed E-state index contributed by atoms with van der Waals surface area (Å²) in [5.41, 5.74) is 3.75. The predicted octanol–water partition coefficient (Wildman–Crippen LogP) is 4.59. The van der Waals surface area contributed by atoms with E-state index in [2.05, 4.69) is 5.32 Å². The molecule has 0 radical (unpaired) electrons. The molecule has 0 fully saturated rings. The van der Waals surface area contributed by atoms with Crippen molar-refractivity contribution in [1.29, 1.82) is 0 Å². The molecule has 0 bridgehead atoms. The van der Waals surface area contributed by atoms with Crippen molar-refractivity contribution in [3.05, 3.63) is 95.6 Å². The minimum absolute atomic E-state index is 0.00331. The average Bonchev–Trinajstić information content (AvgIpc) is 2.96. The van der Waals surface area contributed by atoms with Gasteiger partial charge in [0.2, 0.25) is 0 Å². The summed E-state index contributed by atoms with van der Waals surface area (Å²) in [6.07, 6.45) is 0. The number of amides is 1. The third-order valence-electron chi connectivity index (χ3n) is 5.86. The van der Waals surface area contributed by atoms with Crippen LogP contribution in [0.25, 0.3) is 10.9 Å². The minimum Gasteiger partial charge on any atom is -0.351 e. The summed E-state index contributed by atoms with van der Waals surface area (Å²) >= 11 is 0. The van der Waals surface area contributed by atoms with Crippen molar-refractivity contribution < 1.29 is 13.2 Å². The molecule has 7 heteroatoms. The number of benzene rings is 3. The molecule has 1 aliphatic heterocycles. The highest BCUT2D eigenvalue weighted by Gasteiger charge is 2.26. The van der Waals surface area contributed by atoms with Gasteiger partial charge in [-0.25, -0.2) is 13.4 Å². The smallest absolute Gasteiger partial charge is 0.255 e. The number of carbonyl (C=O) groups is 1. The zero-order valence-corrected chi connectivity index (χ0v) is 19.0. The number of sulfone groups is 1. The molecular formula is C26H23N3O3S. The highest BCUT2D eigenvalue weighted by atomic mass is 32.2. The first-order chi connectivity index (χ1) is 15.9. The molecule has 33 heavy (non-hydrogen) atoms. The van der Waals surface area contributed by atoms with Crippen LogP contribution in [-0.2, 0) is 16.4 Å². The average molecular weight is 458 g/mol. The fourth-order valence-corrected chi connectivity index (χ4v) is 5.63. The van der Waals surface area contributed by atoms with Crippen LogP contribution in [0.4, 0.5) is 11.5 Å². The van der Waals surface area contributed by atoms with Gasteiger partial charge in [-0.2, -0.15) is 0 Å². The lowest BCUT2D eigenvalue weighted by Gasteiger charge is -2.23. The van der Waals surface area contributed by atoms with Crippen molar-refractivity contribution in [2.45, 2.75) is 18.4 Å². The Morgan fingerprint density at radius 2 is 1.73 bits per heavy atom. The topological polar surface area (TPSA) is 79.4 Å². The summed E-state index contributed by atoms with van der Waals surface area (Å²) in [5.74, 6) is 0.421. The highest BCUT2D eigenvalue weighted by molar-refractivity contribution is 7.91. The Labute approximate surface area is 192 Å². The van der Waals surface area contributed by atoms with E-state index in [1.165, 1.54) is 0 Å². The van der Waals surface area contributed by atoms with Gasteiger partial charge in [0.1, 0.15) is 5.82 Å². The summed E-state index contributed by atoms with van der Waals surface area (Å²) in [4.78, 5) is 20.1. The number of hydrogen-bond acceptors (Lipinski definition) is 5. The number of hydrogen-bond donors (Lipinski definition) is 1. The maximum absolute atomic E-state index is 12.9. The first-order valence-corrected chi connectivity index (χ1v) is 12.4. The van der Waals surface area contributed by atoms with Gasteiger partial charge < -0.3 is 10.2 Å². The molecule has 4 aromatic rings. The summed E-state index contributed by atoms with van der Waals surface area (Å²) in [6, 6.07) is 23.9. The largest absolute Gasteiger partial charge is 0.351 e. The van der Waals surface area contributed by atoms with E-state index in [1.807, 2.05) is 66.4 Å². The molecular weight excluding hydrogens is 434 g/mol. The standard InChI is InChI=1S/C26H23N3O3S/c1-18-11-12-22-21(15-18)23(28-26(30)19-7-3-2-4-8-19)16-25(27-22)29-13-14-33(31,32)24-10-6-5-9-20(24)17-29/h2-12,15-16H,13-14,17H2,1H3,(H,27,28,30). The summed E-state index contributed by atoms with van der Waals surface area (Å²) < 4.78 is 25.6. The third kappa shape index (κ3) is 4.19. The quantitative estimate of drug-likeness (QED) is 0.487. The normalized spacial score (nSPS) is 15.0. The fourth-order valence-electron chi connectivity index (χ4n) is 4.13. The van der Waals surface area contributed by atoms with Gasteiger partial charge in [-0.1, -0.05) is 48.0 Å². The Balaban J connectivity index is 1.58. The lowest BCUT2D eigenvalue weighted by atomic mass is 10.1. The zero-order valence-electron chi connectivity index (χ0n) is 18.2. The van der Waals surface area contributed by atoms with E-state index in [-0.39, 0.29) is 11.7 Å². The number of pyridine rings is 1. The molecule has 0 atom stereocenters. The number of fused-ring (bicyclic) bond motifs is 2. The number of nitrogens with zero attached hydrogens (tertiary/aromatic N) is 2. The molecule has 2 heterocycles. The lowest BCUT2D eigenvalue weighted by Crippen LogP contribution is -2.26. The Hall–Kier alpha value is -3.71. The third-order valence-corrected chi connectivity index (χ3v) is 7.65. The minimum atomic E-state index is -3.37. The van der Waals surface area contributed by atoms with Crippen molar-refractivity contribution in [2.24, 2.45) is 0 Å². The van der Waals surface area contributed by atoms with Crippen molar-refractivity contribution in [2.75, 3.05) is 22.5 Å². The zero-order chi connectivity index (χ0) is 23.0. The molecule has 166 valence electrons. The van der Waals surface area contributed by atoms with Crippen molar-refractivity contribution >= 4 is 38.2 Å². The molecule has 1 N–H and O–H groups in total. The van der Waals surface area contributed by atoms with Gasteiger partial charge in [0.15, 0.2) is 9.84 Å². The van der Waals surface area contributed by atoms with E-state index in [9.17, 15) is 13.2 Å². The van der Waals surface area contributed by atoms with E-state index in [0.717, 1.165) is 22.0 Å². The van der Waals surface area contributed by atoms with Gasteiger partial charge in [0, 0.05) is 30.1 Å². The number of nitrogens with one attached hydrogen (secondary N) is 1. The maximum atomic E-state index is 12.9. The SMILES string of the molecule is Cc1ccc2nc(N3CCS(=O)(=O)c4ccccc4C3)cc(NC(=O)c3ccccc3)c2c1. The van der Waals surface area contributed by atoms with Gasteiger partial charge in [-0.3, -0.25) is 4.79 Å². The Morgan fingerprint density at radius 1 is 0.970 bits per heavy atom. The molecule has 3 aromatic carbocycles. The summed E-state index contributed by atoms with van der Waals surface area (Å²) in [6.45, 7) is 2.73.